The molecule has 0 saturated heterocycles. The topological polar surface area (TPSA) is 52.9 Å². The van der Waals surface area contributed by atoms with Crippen molar-refractivity contribution in [1.82, 2.24) is 5.32 Å². The van der Waals surface area contributed by atoms with Crippen LogP contribution in [0.4, 0.5) is 0 Å². The molecule has 114 valence electrons. The third-order valence-electron chi connectivity index (χ3n) is 4.14. The van der Waals surface area contributed by atoms with Gasteiger partial charge in [-0.1, -0.05) is 62.2 Å². The zero-order valence-electron chi connectivity index (χ0n) is 13.0. The molecule has 1 fully saturated rings. The third kappa shape index (κ3) is 4.60. The molecule has 1 aliphatic rings. The first-order valence-corrected chi connectivity index (χ1v) is 7.85. The Morgan fingerprint density at radius 2 is 2.00 bits per heavy atom. The van der Waals surface area contributed by atoms with Crippen molar-refractivity contribution in [3.8, 4) is 6.07 Å². The van der Waals surface area contributed by atoms with E-state index in [1.807, 2.05) is 42.5 Å². The van der Waals surface area contributed by atoms with Crippen molar-refractivity contribution < 1.29 is 4.79 Å². The second-order valence-corrected chi connectivity index (χ2v) is 5.80. The van der Waals surface area contributed by atoms with Crippen LogP contribution in [-0.4, -0.2) is 11.9 Å². The molecule has 1 saturated carbocycles. The maximum absolute atomic E-state index is 12.2. The molecular formula is C19H22N2O. The van der Waals surface area contributed by atoms with Crippen molar-refractivity contribution in [1.29, 1.82) is 5.26 Å². The van der Waals surface area contributed by atoms with E-state index in [9.17, 15) is 10.1 Å². The fraction of sp³-hybridized carbons (Fsp3) is 0.368. The Labute approximate surface area is 132 Å². The summed E-state index contributed by atoms with van der Waals surface area (Å²) < 4.78 is 0. The molecule has 3 nitrogen and oxygen atoms in total. The molecule has 1 amide bonds. The molecule has 1 aliphatic carbocycles. The molecule has 3 heteroatoms. The van der Waals surface area contributed by atoms with Crippen molar-refractivity contribution in [2.24, 2.45) is 5.92 Å². The first-order valence-electron chi connectivity index (χ1n) is 7.85. The molecule has 2 atom stereocenters. The van der Waals surface area contributed by atoms with Crippen LogP contribution in [0, 0.1) is 17.2 Å². The first-order chi connectivity index (χ1) is 10.7. The summed E-state index contributed by atoms with van der Waals surface area (Å²) >= 11 is 0. The minimum Gasteiger partial charge on any atom is -0.348 e. The Balaban J connectivity index is 1.98. The molecule has 0 spiro atoms. The van der Waals surface area contributed by atoms with Crippen molar-refractivity contribution in [3.05, 3.63) is 53.6 Å². The summed E-state index contributed by atoms with van der Waals surface area (Å²) in [5, 5.41) is 12.2. The Kier molecular flexibility index (Phi) is 5.97. The molecule has 0 unspecified atom stereocenters. The molecule has 22 heavy (non-hydrogen) atoms. The van der Waals surface area contributed by atoms with Crippen molar-refractivity contribution in [3.63, 3.8) is 0 Å². The van der Waals surface area contributed by atoms with Crippen LogP contribution in [0.15, 0.2) is 48.1 Å². The van der Waals surface area contributed by atoms with E-state index in [1.54, 1.807) is 12.2 Å². The summed E-state index contributed by atoms with van der Waals surface area (Å²) in [5.41, 5.74) is 1.20. The number of nitriles is 1. The number of carbonyl (C=O) groups is 1. The number of hydrogen-bond donors (Lipinski definition) is 1. The summed E-state index contributed by atoms with van der Waals surface area (Å²) in [5.74, 6) is 0.219. The summed E-state index contributed by atoms with van der Waals surface area (Å²) in [6.07, 6.45) is 9.74. The SMILES string of the molecule is C[C@@H]1CCCC[C@H]1NC(=O)/C(C#N)=C/C=C/c1ccccc1. The van der Waals surface area contributed by atoms with Crippen LogP contribution in [0.1, 0.15) is 38.2 Å². The molecule has 2 rings (SSSR count). The van der Waals surface area contributed by atoms with Crippen LogP contribution in [0.3, 0.4) is 0 Å². The van der Waals surface area contributed by atoms with Crippen LogP contribution in [0.5, 0.6) is 0 Å². The smallest absolute Gasteiger partial charge is 0.262 e. The molecule has 0 radical (unpaired) electrons. The van der Waals surface area contributed by atoms with E-state index in [0.717, 1.165) is 24.8 Å². The lowest BCUT2D eigenvalue weighted by Crippen LogP contribution is -2.41. The molecule has 0 aromatic heterocycles. The van der Waals surface area contributed by atoms with Crippen molar-refractivity contribution in [2.45, 2.75) is 38.6 Å². The van der Waals surface area contributed by atoms with Gasteiger partial charge in [-0.2, -0.15) is 5.26 Å². The number of nitrogens with zero attached hydrogens (tertiary/aromatic N) is 1. The highest BCUT2D eigenvalue weighted by molar-refractivity contribution is 5.97. The summed E-state index contributed by atoms with van der Waals surface area (Å²) in [7, 11) is 0. The minimum absolute atomic E-state index is 0.157. The first kappa shape index (κ1) is 16.0. The monoisotopic (exact) mass is 294 g/mol. The van der Waals surface area contributed by atoms with Crippen molar-refractivity contribution in [2.75, 3.05) is 0 Å². The van der Waals surface area contributed by atoms with Gasteiger partial charge in [-0.25, -0.2) is 0 Å². The van der Waals surface area contributed by atoms with Gasteiger partial charge in [-0.15, -0.1) is 0 Å². The summed E-state index contributed by atoms with van der Waals surface area (Å²) in [6.45, 7) is 2.16. The van der Waals surface area contributed by atoms with E-state index < -0.39 is 0 Å². The molecule has 0 bridgehead atoms. The lowest BCUT2D eigenvalue weighted by Gasteiger charge is -2.29. The predicted molar refractivity (Wildman–Crippen MR) is 88.7 cm³/mol. The molecule has 1 aromatic carbocycles. The second kappa shape index (κ2) is 8.19. The normalized spacial score (nSPS) is 22.3. The van der Waals surface area contributed by atoms with Crippen LogP contribution in [-0.2, 0) is 4.79 Å². The quantitative estimate of drug-likeness (QED) is 0.521. The highest BCUT2D eigenvalue weighted by Gasteiger charge is 2.23. The lowest BCUT2D eigenvalue weighted by atomic mass is 9.86. The van der Waals surface area contributed by atoms with Gasteiger partial charge in [-0.05, 0) is 30.4 Å². The van der Waals surface area contributed by atoms with Gasteiger partial charge >= 0.3 is 0 Å². The fourth-order valence-electron chi connectivity index (χ4n) is 2.76. The van der Waals surface area contributed by atoms with E-state index in [1.165, 1.54) is 6.42 Å². The standard InChI is InChI=1S/C19H22N2O/c1-15-8-5-6-13-18(15)21-19(22)17(14-20)12-7-11-16-9-3-2-4-10-16/h2-4,7,9-12,15,18H,5-6,8,13H2,1H3,(H,21,22)/b11-7+,17-12+/t15-,18-/m1/s1. The molecule has 1 N–H and O–H groups in total. The molecular weight excluding hydrogens is 272 g/mol. The Hall–Kier alpha value is -2.34. The number of amides is 1. The average molecular weight is 294 g/mol. The Morgan fingerprint density at radius 3 is 2.68 bits per heavy atom. The van der Waals surface area contributed by atoms with E-state index >= 15 is 0 Å². The predicted octanol–water partition coefficient (Wildman–Crippen LogP) is 3.84. The van der Waals surface area contributed by atoms with Crippen LogP contribution in [0.25, 0.3) is 6.08 Å². The zero-order chi connectivity index (χ0) is 15.8. The number of rotatable bonds is 4. The number of carbonyl (C=O) groups excluding carboxylic acids is 1. The second-order valence-electron chi connectivity index (χ2n) is 5.80. The van der Waals surface area contributed by atoms with Gasteiger partial charge < -0.3 is 5.32 Å². The van der Waals surface area contributed by atoms with E-state index in [0.29, 0.717) is 5.92 Å². The van der Waals surface area contributed by atoms with Crippen molar-refractivity contribution >= 4 is 12.0 Å². The van der Waals surface area contributed by atoms with E-state index in [-0.39, 0.29) is 17.5 Å². The Morgan fingerprint density at radius 1 is 1.27 bits per heavy atom. The highest BCUT2D eigenvalue weighted by atomic mass is 16.1. The minimum atomic E-state index is -0.265. The third-order valence-corrected chi connectivity index (χ3v) is 4.14. The van der Waals surface area contributed by atoms with Crippen LogP contribution >= 0.6 is 0 Å². The maximum atomic E-state index is 12.2. The van der Waals surface area contributed by atoms with Gasteiger partial charge in [0.15, 0.2) is 0 Å². The highest BCUT2D eigenvalue weighted by Crippen LogP contribution is 2.23. The zero-order valence-corrected chi connectivity index (χ0v) is 13.0. The van der Waals surface area contributed by atoms with E-state index in [4.69, 9.17) is 0 Å². The maximum Gasteiger partial charge on any atom is 0.262 e. The van der Waals surface area contributed by atoms with Gasteiger partial charge in [0, 0.05) is 6.04 Å². The average Bonchev–Trinajstić information content (AvgIpc) is 2.54. The lowest BCUT2D eigenvalue weighted by molar-refractivity contribution is -0.118. The number of nitrogens with one attached hydrogen (secondary N) is 1. The van der Waals surface area contributed by atoms with Gasteiger partial charge in [0.05, 0.1) is 0 Å². The molecule has 1 aromatic rings. The fourth-order valence-corrected chi connectivity index (χ4v) is 2.76. The number of benzene rings is 1. The van der Waals surface area contributed by atoms with Crippen LogP contribution in [0.2, 0.25) is 0 Å². The van der Waals surface area contributed by atoms with Gasteiger partial charge in [0.25, 0.3) is 5.91 Å². The molecule has 0 heterocycles. The number of allylic oxidation sites excluding steroid dienone is 2. The Bertz CT molecular complexity index is 596. The summed E-state index contributed by atoms with van der Waals surface area (Å²) in [6, 6.07) is 12.0. The number of hydrogen-bond acceptors (Lipinski definition) is 2. The van der Waals surface area contributed by atoms with Gasteiger partial charge in [0.1, 0.15) is 11.6 Å². The van der Waals surface area contributed by atoms with Gasteiger partial charge in [-0.3, -0.25) is 4.79 Å². The van der Waals surface area contributed by atoms with Crippen LogP contribution < -0.4 is 5.32 Å². The van der Waals surface area contributed by atoms with E-state index in [2.05, 4.69) is 12.2 Å². The van der Waals surface area contributed by atoms with Gasteiger partial charge in [0.2, 0.25) is 0 Å². The summed E-state index contributed by atoms with van der Waals surface area (Å²) in [4.78, 5) is 12.2. The molecule has 0 aliphatic heterocycles. The largest absolute Gasteiger partial charge is 0.348 e.